The van der Waals surface area contributed by atoms with Crippen molar-refractivity contribution in [3.8, 4) is 12.0 Å². The zero-order valence-corrected chi connectivity index (χ0v) is 21.3. The molecule has 6 heteroatoms. The van der Waals surface area contributed by atoms with Gasteiger partial charge in [-0.25, -0.2) is 12.7 Å². The molecular weight excluding hydrogens is 398 g/mol. The van der Waals surface area contributed by atoms with Crippen molar-refractivity contribution in [3.05, 3.63) is 42.5 Å². The summed E-state index contributed by atoms with van der Waals surface area (Å²) in [5.41, 5.74) is 0.747. The molecule has 0 spiro atoms. The highest BCUT2D eigenvalue weighted by Gasteiger charge is 2.41. The van der Waals surface area contributed by atoms with Gasteiger partial charge in [0.2, 0.25) is 0 Å². The van der Waals surface area contributed by atoms with Gasteiger partial charge in [-0.3, -0.25) is 0 Å². The van der Waals surface area contributed by atoms with Gasteiger partial charge in [0, 0.05) is 6.04 Å². The van der Waals surface area contributed by atoms with Crippen molar-refractivity contribution in [1.82, 2.24) is 4.31 Å². The molecule has 0 aliphatic carbocycles. The summed E-state index contributed by atoms with van der Waals surface area (Å²) >= 11 is 0. The topological polar surface area (TPSA) is 46.6 Å². The van der Waals surface area contributed by atoms with E-state index in [0.29, 0.717) is 0 Å². The molecule has 1 rings (SSSR count). The molecule has 0 radical (unpaired) electrons. The number of benzene rings is 1. The summed E-state index contributed by atoms with van der Waals surface area (Å²) in [6.07, 6.45) is 1.16. The van der Waals surface area contributed by atoms with E-state index in [-0.39, 0.29) is 28.0 Å². The van der Waals surface area contributed by atoms with Gasteiger partial charge in [-0.2, -0.15) is 0 Å². The van der Waals surface area contributed by atoms with E-state index in [0.717, 1.165) is 9.87 Å². The second kappa shape index (κ2) is 9.07. The lowest BCUT2D eigenvalue weighted by Gasteiger charge is -2.41. The van der Waals surface area contributed by atoms with Crippen LogP contribution in [0.15, 0.2) is 41.8 Å². The Kier molecular flexibility index (Phi) is 7.97. The minimum atomic E-state index is -3.75. The monoisotopic (exact) mass is 435 g/mol. The first-order chi connectivity index (χ1) is 13.0. The van der Waals surface area contributed by atoms with Crippen LogP contribution < -0.4 is 0 Å². The van der Waals surface area contributed by atoms with Crippen molar-refractivity contribution >= 4 is 18.3 Å². The van der Waals surface area contributed by atoms with Crippen molar-refractivity contribution in [2.24, 2.45) is 5.41 Å². The molecule has 162 valence electrons. The van der Waals surface area contributed by atoms with Crippen molar-refractivity contribution < 1.29 is 12.8 Å². The van der Waals surface area contributed by atoms with Crippen molar-refractivity contribution in [2.75, 3.05) is 6.54 Å². The standard InChI is InChI=1S/C23H37NO3SSi/c1-11-17-24(28(25,26)20-14-12-19(2)13-15-20)18-16-21(22(3,4)5)27-29(9,10)23(6,7)8/h11-15,21H,1,17H2,2-10H3. The summed E-state index contributed by atoms with van der Waals surface area (Å²) in [5.74, 6) is 3.12. The highest BCUT2D eigenvalue weighted by Crippen LogP contribution is 2.39. The van der Waals surface area contributed by atoms with Crippen LogP contribution in [0.2, 0.25) is 18.1 Å². The first kappa shape index (κ1) is 25.5. The molecule has 4 nitrogen and oxygen atoms in total. The number of rotatable bonds is 6. The molecule has 1 unspecified atom stereocenters. The summed E-state index contributed by atoms with van der Waals surface area (Å²) in [6, 6.07) is 9.66. The van der Waals surface area contributed by atoms with Gasteiger partial charge in [0.05, 0.1) is 11.4 Å². The van der Waals surface area contributed by atoms with E-state index >= 15 is 0 Å². The van der Waals surface area contributed by atoms with Crippen LogP contribution in [0.3, 0.4) is 0 Å². The Morgan fingerprint density at radius 2 is 1.66 bits per heavy atom. The summed E-state index contributed by atoms with van der Waals surface area (Å²) in [5, 5.41) is 0.0347. The minimum absolute atomic E-state index is 0.0347. The van der Waals surface area contributed by atoms with Crippen LogP contribution in [-0.4, -0.2) is 33.7 Å². The number of aryl methyl sites for hydroxylation is 1. The van der Waals surface area contributed by atoms with E-state index in [2.05, 4.69) is 73.2 Å². The molecule has 0 N–H and O–H groups in total. The quantitative estimate of drug-likeness (QED) is 0.254. The van der Waals surface area contributed by atoms with E-state index < -0.39 is 18.3 Å². The normalized spacial score (nSPS) is 14.0. The van der Waals surface area contributed by atoms with E-state index in [1.807, 2.05) is 6.92 Å². The van der Waals surface area contributed by atoms with Gasteiger partial charge in [0.1, 0.15) is 6.10 Å². The maximum atomic E-state index is 13.1. The maximum absolute atomic E-state index is 13.1. The number of hydrogen-bond acceptors (Lipinski definition) is 3. The van der Waals surface area contributed by atoms with Crippen LogP contribution >= 0.6 is 0 Å². The van der Waals surface area contributed by atoms with E-state index in [1.54, 1.807) is 30.3 Å². The molecule has 0 aliphatic heterocycles. The van der Waals surface area contributed by atoms with E-state index in [1.165, 1.54) is 0 Å². The van der Waals surface area contributed by atoms with Crippen LogP contribution in [0, 0.1) is 24.3 Å². The van der Waals surface area contributed by atoms with E-state index in [4.69, 9.17) is 4.43 Å². The Hall–Kier alpha value is -1.55. The van der Waals surface area contributed by atoms with Gasteiger partial charge in [-0.1, -0.05) is 65.3 Å². The Balaban J connectivity index is 3.34. The average Bonchev–Trinajstić information content (AvgIpc) is 2.55. The number of sulfonamides is 1. The van der Waals surface area contributed by atoms with E-state index in [9.17, 15) is 8.42 Å². The van der Waals surface area contributed by atoms with Crippen molar-refractivity contribution in [3.63, 3.8) is 0 Å². The third kappa shape index (κ3) is 6.73. The summed E-state index contributed by atoms with van der Waals surface area (Å²) in [4.78, 5) is 0.219. The van der Waals surface area contributed by atoms with Gasteiger partial charge < -0.3 is 4.43 Å². The second-order valence-electron chi connectivity index (χ2n) is 10.0. The molecule has 0 aromatic heterocycles. The largest absolute Gasteiger partial charge is 0.403 e. The van der Waals surface area contributed by atoms with Gasteiger partial charge >= 0.3 is 0 Å². The zero-order valence-electron chi connectivity index (χ0n) is 19.5. The molecule has 1 atom stereocenters. The smallest absolute Gasteiger partial charge is 0.271 e. The van der Waals surface area contributed by atoms with Crippen LogP contribution in [0.4, 0.5) is 0 Å². The highest BCUT2D eigenvalue weighted by atomic mass is 32.2. The number of nitrogens with zero attached hydrogens (tertiary/aromatic N) is 1. The molecule has 0 heterocycles. The van der Waals surface area contributed by atoms with Gasteiger partial charge in [-0.15, -0.1) is 6.58 Å². The highest BCUT2D eigenvalue weighted by molar-refractivity contribution is 7.89. The Morgan fingerprint density at radius 1 is 1.14 bits per heavy atom. The minimum Gasteiger partial charge on any atom is -0.403 e. The molecule has 0 fully saturated rings. The fourth-order valence-corrected chi connectivity index (χ4v) is 4.75. The predicted octanol–water partition coefficient (Wildman–Crippen LogP) is 5.57. The molecule has 0 amide bonds. The molecule has 29 heavy (non-hydrogen) atoms. The summed E-state index contributed by atoms with van der Waals surface area (Å²) in [6.45, 7) is 22.8. The zero-order chi connectivity index (χ0) is 22.7. The second-order valence-corrected chi connectivity index (χ2v) is 16.6. The SMILES string of the molecule is C=CCN(C#CC(O[Si](C)(C)C(C)(C)C)C(C)(C)C)S(=O)(=O)c1ccc(C)cc1. The molecule has 0 saturated carbocycles. The van der Waals surface area contributed by atoms with Gasteiger partial charge in [-0.05, 0) is 48.5 Å². The van der Waals surface area contributed by atoms with Crippen LogP contribution in [0.1, 0.15) is 47.1 Å². The fraction of sp³-hybridized carbons (Fsp3) is 0.565. The first-order valence-corrected chi connectivity index (χ1v) is 14.3. The molecule has 0 saturated heterocycles. The lowest BCUT2D eigenvalue weighted by Crippen LogP contribution is -2.47. The summed E-state index contributed by atoms with van der Waals surface area (Å²) in [7, 11) is -5.82. The lowest BCUT2D eigenvalue weighted by molar-refractivity contribution is 0.121. The van der Waals surface area contributed by atoms with Crippen LogP contribution in [0.5, 0.6) is 0 Å². The van der Waals surface area contributed by atoms with Crippen LogP contribution in [0.25, 0.3) is 0 Å². The summed E-state index contributed by atoms with van der Waals surface area (Å²) < 4.78 is 33.9. The molecule has 0 bridgehead atoms. The van der Waals surface area contributed by atoms with Gasteiger partial charge in [0.25, 0.3) is 10.0 Å². The predicted molar refractivity (Wildman–Crippen MR) is 125 cm³/mol. The third-order valence-electron chi connectivity index (χ3n) is 5.23. The molecule has 0 aliphatic rings. The van der Waals surface area contributed by atoms with Crippen LogP contribution in [-0.2, 0) is 14.4 Å². The Bertz CT molecular complexity index is 864. The van der Waals surface area contributed by atoms with Crippen molar-refractivity contribution in [1.29, 1.82) is 0 Å². The van der Waals surface area contributed by atoms with Gasteiger partial charge in [0.15, 0.2) is 8.32 Å². The number of hydrogen-bond donors (Lipinski definition) is 0. The molecule has 1 aromatic rings. The van der Waals surface area contributed by atoms with Crippen molar-refractivity contribution in [2.45, 2.75) is 77.6 Å². The average molecular weight is 436 g/mol. The fourth-order valence-electron chi connectivity index (χ4n) is 2.18. The Labute approximate surface area is 179 Å². The Morgan fingerprint density at radius 3 is 2.07 bits per heavy atom. The molecular formula is C23H37NO3SSi. The first-order valence-electron chi connectivity index (χ1n) is 9.91. The molecule has 1 aromatic carbocycles. The lowest BCUT2D eigenvalue weighted by atomic mass is 9.90. The maximum Gasteiger partial charge on any atom is 0.271 e. The third-order valence-corrected chi connectivity index (χ3v) is 11.4.